The van der Waals surface area contributed by atoms with Gasteiger partial charge in [-0.25, -0.2) is 10.8 Å². The molecule has 106 valence electrons. The third kappa shape index (κ3) is 4.04. The van der Waals surface area contributed by atoms with Gasteiger partial charge in [0.25, 0.3) is 0 Å². The van der Waals surface area contributed by atoms with Crippen LogP contribution in [0.25, 0.3) is 0 Å². The molecule has 0 spiro atoms. The van der Waals surface area contributed by atoms with Crippen LogP contribution in [-0.4, -0.2) is 23.3 Å². The van der Waals surface area contributed by atoms with Crippen molar-refractivity contribution in [3.8, 4) is 0 Å². The van der Waals surface area contributed by atoms with Crippen LogP contribution < -0.4 is 11.3 Å². The number of anilines is 1. The number of hydrazine groups is 1. The van der Waals surface area contributed by atoms with Gasteiger partial charge in [-0.05, 0) is 38.8 Å². The van der Waals surface area contributed by atoms with Crippen LogP contribution in [0, 0.1) is 0 Å². The standard InChI is InChI=1S/C13H20ClN3O2/c1-8-5-10(6-9(2)19-8)18-7-12-11(14)3-4-13(16-12)17-15/h3-4,8-10H,5-7,15H2,1-2H3,(H,16,17). The van der Waals surface area contributed by atoms with Gasteiger partial charge in [-0.1, -0.05) is 11.6 Å². The van der Waals surface area contributed by atoms with E-state index in [0.29, 0.717) is 23.1 Å². The zero-order chi connectivity index (χ0) is 13.8. The minimum absolute atomic E-state index is 0.186. The minimum Gasteiger partial charge on any atom is -0.375 e. The van der Waals surface area contributed by atoms with Gasteiger partial charge < -0.3 is 14.9 Å². The molecule has 1 aromatic heterocycles. The molecule has 2 atom stereocenters. The van der Waals surface area contributed by atoms with Gasteiger partial charge in [0.2, 0.25) is 0 Å². The van der Waals surface area contributed by atoms with E-state index in [0.717, 1.165) is 12.8 Å². The number of nitrogens with two attached hydrogens (primary N) is 1. The first-order valence-corrected chi connectivity index (χ1v) is 6.85. The molecule has 1 aliphatic rings. The third-order valence-electron chi connectivity index (χ3n) is 3.18. The number of nitrogen functional groups attached to an aromatic ring is 1. The van der Waals surface area contributed by atoms with Crippen molar-refractivity contribution >= 4 is 17.4 Å². The highest BCUT2D eigenvalue weighted by molar-refractivity contribution is 6.31. The molecule has 0 aliphatic carbocycles. The minimum atomic E-state index is 0.186. The second kappa shape index (κ2) is 6.52. The molecule has 1 aliphatic heterocycles. The van der Waals surface area contributed by atoms with Gasteiger partial charge in [0.05, 0.1) is 35.6 Å². The predicted octanol–water partition coefficient (Wildman–Crippen LogP) is 2.49. The molecular weight excluding hydrogens is 266 g/mol. The van der Waals surface area contributed by atoms with Crippen LogP contribution in [0.1, 0.15) is 32.4 Å². The van der Waals surface area contributed by atoms with Crippen LogP contribution in [0.4, 0.5) is 5.82 Å². The summed E-state index contributed by atoms with van der Waals surface area (Å²) in [5, 5.41) is 0.590. The first kappa shape index (κ1) is 14.5. The van der Waals surface area contributed by atoms with Crippen LogP contribution in [-0.2, 0) is 16.1 Å². The fourth-order valence-electron chi connectivity index (χ4n) is 2.34. The van der Waals surface area contributed by atoms with E-state index in [2.05, 4.69) is 24.3 Å². The Kier molecular flexibility index (Phi) is 4.99. The van der Waals surface area contributed by atoms with E-state index in [1.807, 2.05) is 0 Å². The molecular formula is C13H20ClN3O2. The van der Waals surface area contributed by atoms with Crippen LogP contribution in [0.2, 0.25) is 5.02 Å². The van der Waals surface area contributed by atoms with Gasteiger partial charge in [0.15, 0.2) is 0 Å². The maximum atomic E-state index is 6.09. The van der Waals surface area contributed by atoms with Crippen molar-refractivity contribution in [1.82, 2.24) is 4.98 Å². The second-order valence-corrected chi connectivity index (χ2v) is 5.34. The number of nitrogens with one attached hydrogen (secondary N) is 1. The Morgan fingerprint density at radius 3 is 2.74 bits per heavy atom. The molecule has 0 amide bonds. The molecule has 5 nitrogen and oxygen atoms in total. The monoisotopic (exact) mass is 285 g/mol. The molecule has 1 aromatic rings. The highest BCUT2D eigenvalue weighted by Gasteiger charge is 2.25. The number of pyridine rings is 1. The van der Waals surface area contributed by atoms with E-state index < -0.39 is 0 Å². The number of halogens is 1. The Morgan fingerprint density at radius 2 is 2.11 bits per heavy atom. The van der Waals surface area contributed by atoms with Crippen LogP contribution in [0.5, 0.6) is 0 Å². The quantitative estimate of drug-likeness (QED) is 0.657. The van der Waals surface area contributed by atoms with Gasteiger partial charge in [-0.2, -0.15) is 0 Å². The van der Waals surface area contributed by atoms with Gasteiger partial charge in [-0.15, -0.1) is 0 Å². The molecule has 2 unspecified atom stereocenters. The summed E-state index contributed by atoms with van der Waals surface area (Å²) >= 11 is 6.09. The normalized spacial score (nSPS) is 27.3. The molecule has 6 heteroatoms. The molecule has 0 aromatic carbocycles. The van der Waals surface area contributed by atoms with Crippen LogP contribution in [0.3, 0.4) is 0 Å². The lowest BCUT2D eigenvalue weighted by atomic mass is 10.0. The summed E-state index contributed by atoms with van der Waals surface area (Å²) in [5.41, 5.74) is 3.20. The Balaban J connectivity index is 1.94. The van der Waals surface area contributed by atoms with Gasteiger partial charge in [-0.3, -0.25) is 0 Å². The van der Waals surface area contributed by atoms with Crippen LogP contribution in [0.15, 0.2) is 12.1 Å². The molecule has 1 saturated heterocycles. The number of nitrogens with zero attached hydrogens (tertiary/aromatic N) is 1. The van der Waals surface area contributed by atoms with Crippen molar-refractivity contribution in [1.29, 1.82) is 0 Å². The van der Waals surface area contributed by atoms with Crippen molar-refractivity contribution < 1.29 is 9.47 Å². The Morgan fingerprint density at radius 1 is 1.42 bits per heavy atom. The lowest BCUT2D eigenvalue weighted by molar-refractivity contribution is -0.106. The predicted molar refractivity (Wildman–Crippen MR) is 74.9 cm³/mol. The highest BCUT2D eigenvalue weighted by atomic mass is 35.5. The number of hydrogen-bond donors (Lipinski definition) is 2. The van der Waals surface area contributed by atoms with E-state index in [1.165, 1.54) is 0 Å². The SMILES string of the molecule is CC1CC(OCc2nc(NN)ccc2Cl)CC(C)O1. The van der Waals surface area contributed by atoms with E-state index in [4.69, 9.17) is 26.9 Å². The van der Waals surface area contributed by atoms with Crippen molar-refractivity contribution in [3.05, 3.63) is 22.8 Å². The summed E-state index contributed by atoms with van der Waals surface area (Å²) < 4.78 is 11.6. The summed E-state index contributed by atoms with van der Waals surface area (Å²) in [6.45, 7) is 4.52. The summed E-state index contributed by atoms with van der Waals surface area (Å²) in [7, 11) is 0. The maximum Gasteiger partial charge on any atom is 0.140 e. The van der Waals surface area contributed by atoms with Crippen molar-refractivity contribution in [3.63, 3.8) is 0 Å². The molecule has 1 fully saturated rings. The number of aromatic nitrogens is 1. The fourth-order valence-corrected chi connectivity index (χ4v) is 2.50. The second-order valence-electron chi connectivity index (χ2n) is 4.93. The molecule has 3 N–H and O–H groups in total. The largest absolute Gasteiger partial charge is 0.375 e. The molecule has 0 radical (unpaired) electrons. The van der Waals surface area contributed by atoms with Crippen LogP contribution >= 0.6 is 11.6 Å². The topological polar surface area (TPSA) is 69.4 Å². The first-order chi connectivity index (χ1) is 9.08. The average molecular weight is 286 g/mol. The van der Waals surface area contributed by atoms with Crippen molar-refractivity contribution in [2.75, 3.05) is 5.43 Å². The summed E-state index contributed by atoms with van der Waals surface area (Å²) in [6, 6.07) is 3.49. The Labute approximate surface area is 118 Å². The fraction of sp³-hybridized carbons (Fsp3) is 0.615. The van der Waals surface area contributed by atoms with E-state index in [1.54, 1.807) is 12.1 Å². The maximum absolute atomic E-state index is 6.09. The lowest BCUT2D eigenvalue weighted by Crippen LogP contribution is -2.34. The van der Waals surface area contributed by atoms with E-state index >= 15 is 0 Å². The molecule has 19 heavy (non-hydrogen) atoms. The molecule has 0 bridgehead atoms. The first-order valence-electron chi connectivity index (χ1n) is 6.47. The summed E-state index contributed by atoms with van der Waals surface area (Å²) in [4.78, 5) is 4.29. The molecule has 2 heterocycles. The number of rotatable bonds is 4. The van der Waals surface area contributed by atoms with E-state index in [9.17, 15) is 0 Å². The molecule has 0 saturated carbocycles. The Hall–Kier alpha value is -0.880. The summed E-state index contributed by atoms with van der Waals surface area (Å²) in [5.74, 6) is 5.91. The number of hydrogen-bond acceptors (Lipinski definition) is 5. The van der Waals surface area contributed by atoms with Gasteiger partial charge in [0, 0.05) is 0 Å². The third-order valence-corrected chi connectivity index (χ3v) is 3.52. The average Bonchev–Trinajstić information content (AvgIpc) is 2.37. The zero-order valence-electron chi connectivity index (χ0n) is 11.2. The van der Waals surface area contributed by atoms with Crippen molar-refractivity contribution in [2.45, 2.75) is 51.6 Å². The van der Waals surface area contributed by atoms with Crippen molar-refractivity contribution in [2.24, 2.45) is 5.84 Å². The smallest absolute Gasteiger partial charge is 0.140 e. The molecule has 2 rings (SSSR count). The summed E-state index contributed by atoms with van der Waals surface area (Å²) in [6.07, 6.45) is 2.45. The van der Waals surface area contributed by atoms with E-state index in [-0.39, 0.29) is 18.3 Å². The highest BCUT2D eigenvalue weighted by Crippen LogP contribution is 2.24. The van der Waals surface area contributed by atoms with Gasteiger partial charge in [0.1, 0.15) is 5.82 Å². The zero-order valence-corrected chi connectivity index (χ0v) is 12.0. The lowest BCUT2D eigenvalue weighted by Gasteiger charge is -2.31. The van der Waals surface area contributed by atoms with Gasteiger partial charge >= 0.3 is 0 Å². The number of ether oxygens (including phenoxy) is 2. The Bertz CT molecular complexity index is 420.